The van der Waals surface area contributed by atoms with Crippen molar-refractivity contribution in [1.82, 2.24) is 0 Å². The van der Waals surface area contributed by atoms with Gasteiger partial charge in [-0.3, -0.25) is 14.6 Å². The van der Waals surface area contributed by atoms with Gasteiger partial charge in [0.1, 0.15) is 0 Å². The summed E-state index contributed by atoms with van der Waals surface area (Å²) in [6, 6.07) is 0. The van der Waals surface area contributed by atoms with E-state index in [0.717, 1.165) is 6.92 Å². The Balaban J connectivity index is -0.000000245. The molecule has 10 heavy (non-hydrogen) atoms. The van der Waals surface area contributed by atoms with Crippen molar-refractivity contribution in [1.29, 1.82) is 0 Å². The molecule has 8 heteroatoms. The van der Waals surface area contributed by atoms with Gasteiger partial charge in [-0.05, 0) is 0 Å². The third-order valence-electron chi connectivity index (χ3n) is 0.247. The Kier molecular flexibility index (Phi) is 12.3. The molecular formula is C2H11Bi2O5P. The third-order valence-corrected chi connectivity index (χ3v) is 0.742. The van der Waals surface area contributed by atoms with Crippen LogP contribution in [0.2, 0.25) is 0 Å². The number of phosphoric ester groups is 1. The summed E-state index contributed by atoms with van der Waals surface area (Å²) in [5.74, 6) is -0.988. The molecule has 0 saturated heterocycles. The minimum atomic E-state index is -4.57. The van der Waals surface area contributed by atoms with E-state index < -0.39 is 13.8 Å². The van der Waals surface area contributed by atoms with E-state index in [2.05, 4.69) is 4.52 Å². The Hall–Kier alpha value is 1.39. The topological polar surface area (TPSA) is 83.8 Å². The molecule has 0 heterocycles. The van der Waals surface area contributed by atoms with Crippen LogP contribution in [0.25, 0.3) is 0 Å². The van der Waals surface area contributed by atoms with Gasteiger partial charge in [0.15, 0.2) is 0 Å². The molecule has 0 bridgehead atoms. The van der Waals surface area contributed by atoms with Crippen molar-refractivity contribution in [3.8, 4) is 0 Å². The van der Waals surface area contributed by atoms with E-state index in [-0.39, 0.29) is 52.4 Å². The summed E-state index contributed by atoms with van der Waals surface area (Å²) in [7, 11) is -4.57. The summed E-state index contributed by atoms with van der Waals surface area (Å²) in [6.45, 7) is 0.916. The van der Waals surface area contributed by atoms with Crippen LogP contribution in [0.3, 0.4) is 0 Å². The van der Waals surface area contributed by atoms with Crippen LogP contribution in [0.4, 0.5) is 0 Å². The van der Waals surface area contributed by atoms with Crippen molar-refractivity contribution >= 4 is 66.2 Å². The number of phosphoric acid groups is 1. The van der Waals surface area contributed by atoms with Gasteiger partial charge in [0.2, 0.25) is 0 Å². The zero-order chi connectivity index (χ0) is 6.78. The quantitative estimate of drug-likeness (QED) is 0.268. The van der Waals surface area contributed by atoms with Crippen molar-refractivity contribution in [2.75, 3.05) is 0 Å². The van der Waals surface area contributed by atoms with E-state index in [9.17, 15) is 9.36 Å². The summed E-state index contributed by atoms with van der Waals surface area (Å²) in [6.07, 6.45) is 0. The van der Waals surface area contributed by atoms with E-state index in [1.54, 1.807) is 0 Å². The molecule has 0 aromatic heterocycles. The normalized spacial score (nSPS) is 8.70. The zero-order valence-corrected chi connectivity index (χ0v) is 17.4. The molecule has 0 aliphatic carbocycles. The molecule has 0 amide bonds. The monoisotopic (exact) mass is 564 g/mol. The van der Waals surface area contributed by atoms with E-state index in [0.29, 0.717) is 0 Å². The molecule has 2 N–H and O–H groups in total. The summed E-state index contributed by atoms with van der Waals surface area (Å²) < 4.78 is 13.2. The van der Waals surface area contributed by atoms with Gasteiger partial charge in [0.05, 0.1) is 0 Å². The molecule has 0 rings (SSSR count). The van der Waals surface area contributed by atoms with Gasteiger partial charge in [-0.25, -0.2) is 4.57 Å². The fourth-order valence-corrected chi connectivity index (χ4v) is 0.502. The van der Waals surface area contributed by atoms with Gasteiger partial charge >= 0.3 is 66.2 Å². The van der Waals surface area contributed by atoms with Gasteiger partial charge in [-0.1, -0.05) is 0 Å². The zero-order valence-electron chi connectivity index (χ0n) is 5.48. The Morgan fingerprint density at radius 3 is 1.70 bits per heavy atom. The first-order chi connectivity index (χ1) is 3.42. The Morgan fingerprint density at radius 2 is 1.70 bits per heavy atom. The maximum atomic E-state index is 9.74. The first-order valence-electron chi connectivity index (χ1n) is 1.67. The summed E-state index contributed by atoms with van der Waals surface area (Å²) in [4.78, 5) is 25.5. The van der Waals surface area contributed by atoms with Crippen LogP contribution < -0.4 is 0 Å². The van der Waals surface area contributed by atoms with Crippen molar-refractivity contribution < 1.29 is 23.7 Å². The van der Waals surface area contributed by atoms with Crippen molar-refractivity contribution in [3.05, 3.63) is 0 Å². The van der Waals surface area contributed by atoms with E-state index >= 15 is 0 Å². The van der Waals surface area contributed by atoms with E-state index in [1.807, 2.05) is 0 Å². The standard InChI is InChI=1S/C2H5O5P.2Bi.6H/c1-2(3)7-8(4,5)6;;;;;;;;/h1H3,(H2,4,5,6);;;;;;;;. The Bertz CT molecular complexity index is 141. The molecule has 0 atom stereocenters. The Labute approximate surface area is 96.0 Å². The van der Waals surface area contributed by atoms with Crippen molar-refractivity contribution in [2.45, 2.75) is 6.92 Å². The molecule has 0 aromatic carbocycles. The third kappa shape index (κ3) is 16.2. The van der Waals surface area contributed by atoms with Crippen LogP contribution in [-0.4, -0.2) is 68.2 Å². The average Bonchev–Trinajstić information content (AvgIpc) is 1.21. The molecule has 64 valence electrons. The van der Waals surface area contributed by atoms with E-state index in [4.69, 9.17) is 9.79 Å². The second kappa shape index (κ2) is 7.06. The van der Waals surface area contributed by atoms with Gasteiger partial charge < -0.3 is 4.52 Å². The maximum absolute atomic E-state index is 9.74. The predicted molar refractivity (Wildman–Crippen MR) is 43.7 cm³/mol. The minimum absolute atomic E-state index is 0. The molecule has 0 spiro atoms. The molecule has 0 unspecified atom stereocenters. The first kappa shape index (κ1) is 17.5. The fraction of sp³-hybridized carbons (Fsp3) is 0.500. The second-order valence-corrected chi connectivity index (χ2v) is 2.24. The van der Waals surface area contributed by atoms with Crippen LogP contribution in [0.15, 0.2) is 0 Å². The number of hydrogen-bond acceptors (Lipinski definition) is 3. The van der Waals surface area contributed by atoms with Crippen LogP contribution in [0.5, 0.6) is 0 Å². The van der Waals surface area contributed by atoms with Gasteiger partial charge in [-0.2, -0.15) is 0 Å². The summed E-state index contributed by atoms with van der Waals surface area (Å²) in [5.41, 5.74) is 0. The molecule has 0 saturated carbocycles. The first-order valence-corrected chi connectivity index (χ1v) is 3.20. The summed E-state index contributed by atoms with van der Waals surface area (Å²) in [5, 5.41) is 0. The average molecular weight is 564 g/mol. The molecule has 0 aromatic rings. The van der Waals surface area contributed by atoms with Crippen LogP contribution in [0, 0.1) is 0 Å². The van der Waals surface area contributed by atoms with Crippen LogP contribution in [0.1, 0.15) is 6.92 Å². The summed E-state index contributed by atoms with van der Waals surface area (Å²) >= 11 is 0. The molecule has 0 aliphatic heterocycles. The second-order valence-electron chi connectivity index (χ2n) is 1.07. The molecule has 0 fully saturated rings. The number of carbonyl (C=O) groups is 1. The van der Waals surface area contributed by atoms with E-state index in [1.165, 1.54) is 0 Å². The fourth-order valence-electron chi connectivity index (χ4n) is 0.167. The number of carbonyl (C=O) groups excluding carboxylic acids is 1. The van der Waals surface area contributed by atoms with Crippen molar-refractivity contribution in [3.63, 3.8) is 0 Å². The molecular weight excluding hydrogens is 553 g/mol. The molecule has 5 nitrogen and oxygen atoms in total. The van der Waals surface area contributed by atoms with Gasteiger partial charge in [-0.15, -0.1) is 0 Å². The Morgan fingerprint density at radius 1 is 1.40 bits per heavy atom. The van der Waals surface area contributed by atoms with Crippen molar-refractivity contribution in [2.24, 2.45) is 0 Å². The molecule has 0 radical (unpaired) electrons. The molecule has 0 aliphatic rings. The van der Waals surface area contributed by atoms with Crippen LogP contribution >= 0.6 is 7.82 Å². The van der Waals surface area contributed by atoms with Crippen LogP contribution in [-0.2, 0) is 13.9 Å². The van der Waals surface area contributed by atoms with Gasteiger partial charge in [0.25, 0.3) is 0 Å². The predicted octanol–water partition coefficient (Wildman–Crippen LogP) is -2.73. The van der Waals surface area contributed by atoms with Gasteiger partial charge in [0, 0.05) is 6.92 Å². The number of hydrogen-bond donors (Lipinski definition) is 2. The number of rotatable bonds is 1. The SMILES string of the molecule is CC(=O)OP(=O)(O)O.[BiH3].[BiH3].